The van der Waals surface area contributed by atoms with Crippen LogP contribution in [0.3, 0.4) is 0 Å². The standard InChI is InChI=1S/C21H27ClN2O3/c1-21(2,16-7-10-18(26-3)19(13-16)27-4)14-24-20(25)23-12-11-15-5-8-17(22)9-6-15/h5-10,13H,11-12,14H2,1-4H3,(H2,23,24,25). The van der Waals surface area contributed by atoms with E-state index in [0.717, 1.165) is 17.5 Å². The lowest BCUT2D eigenvalue weighted by Crippen LogP contribution is -2.42. The van der Waals surface area contributed by atoms with Crippen LogP contribution in [-0.4, -0.2) is 33.3 Å². The molecule has 0 saturated carbocycles. The Labute approximate surface area is 166 Å². The SMILES string of the molecule is COc1ccc(C(C)(C)CNC(=O)NCCc2ccc(Cl)cc2)cc1OC. The van der Waals surface area contributed by atoms with Crippen molar-refractivity contribution in [1.82, 2.24) is 10.6 Å². The number of benzene rings is 2. The molecule has 146 valence electrons. The fraction of sp³-hybridized carbons (Fsp3) is 0.381. The van der Waals surface area contributed by atoms with Gasteiger partial charge in [0.25, 0.3) is 0 Å². The molecule has 0 saturated heterocycles. The molecule has 5 nitrogen and oxygen atoms in total. The summed E-state index contributed by atoms with van der Waals surface area (Å²) in [4.78, 5) is 12.1. The van der Waals surface area contributed by atoms with Crippen LogP contribution in [0.1, 0.15) is 25.0 Å². The molecule has 2 aromatic rings. The topological polar surface area (TPSA) is 59.6 Å². The highest BCUT2D eigenvalue weighted by Crippen LogP contribution is 2.32. The average Bonchev–Trinajstić information content (AvgIpc) is 2.67. The van der Waals surface area contributed by atoms with Crippen molar-refractivity contribution >= 4 is 17.6 Å². The summed E-state index contributed by atoms with van der Waals surface area (Å²) in [6, 6.07) is 13.2. The van der Waals surface area contributed by atoms with Crippen LogP contribution >= 0.6 is 11.6 Å². The number of ether oxygens (including phenoxy) is 2. The van der Waals surface area contributed by atoms with Crippen LogP contribution in [0.5, 0.6) is 11.5 Å². The quantitative estimate of drug-likeness (QED) is 0.710. The Morgan fingerprint density at radius 2 is 1.67 bits per heavy atom. The third-order valence-corrected chi connectivity index (χ3v) is 4.72. The third kappa shape index (κ3) is 6.07. The second-order valence-corrected chi connectivity index (χ2v) is 7.38. The minimum atomic E-state index is -0.257. The molecule has 27 heavy (non-hydrogen) atoms. The second-order valence-electron chi connectivity index (χ2n) is 6.94. The molecular formula is C21H27ClN2O3. The maximum absolute atomic E-state index is 12.1. The lowest BCUT2D eigenvalue weighted by molar-refractivity contribution is 0.238. The summed E-state index contributed by atoms with van der Waals surface area (Å²) in [6.07, 6.45) is 0.754. The number of methoxy groups -OCH3 is 2. The number of amides is 2. The zero-order valence-corrected chi connectivity index (χ0v) is 17.0. The van der Waals surface area contributed by atoms with Crippen LogP contribution in [0.15, 0.2) is 42.5 Å². The first-order chi connectivity index (χ1) is 12.9. The van der Waals surface area contributed by atoms with Gasteiger partial charge < -0.3 is 20.1 Å². The van der Waals surface area contributed by atoms with Gasteiger partial charge in [-0.05, 0) is 41.8 Å². The second kappa shape index (κ2) is 9.51. The molecule has 0 spiro atoms. The number of nitrogens with one attached hydrogen (secondary N) is 2. The molecule has 2 rings (SSSR count). The van der Waals surface area contributed by atoms with Gasteiger partial charge in [-0.3, -0.25) is 0 Å². The summed E-state index contributed by atoms with van der Waals surface area (Å²) in [7, 11) is 3.22. The zero-order chi connectivity index (χ0) is 19.9. The van der Waals surface area contributed by atoms with Gasteiger partial charge in [0.1, 0.15) is 0 Å². The molecule has 0 aromatic heterocycles. The first kappa shape index (κ1) is 20.9. The van der Waals surface area contributed by atoms with Crippen molar-refractivity contribution in [2.45, 2.75) is 25.7 Å². The summed E-state index contributed by atoms with van der Waals surface area (Å²) in [5, 5.41) is 6.53. The first-order valence-corrected chi connectivity index (χ1v) is 9.22. The van der Waals surface area contributed by atoms with E-state index in [9.17, 15) is 4.79 Å². The monoisotopic (exact) mass is 390 g/mol. The minimum absolute atomic E-state index is 0.183. The molecule has 2 aromatic carbocycles. The summed E-state index contributed by atoms with van der Waals surface area (Å²) in [5.74, 6) is 1.36. The van der Waals surface area contributed by atoms with Crippen LogP contribution in [0, 0.1) is 0 Å². The molecular weight excluding hydrogens is 364 g/mol. The summed E-state index contributed by atoms with van der Waals surface area (Å²) >= 11 is 5.87. The van der Waals surface area contributed by atoms with Gasteiger partial charge in [0.2, 0.25) is 0 Å². The Balaban J connectivity index is 1.84. The molecule has 0 aliphatic heterocycles. The van der Waals surface area contributed by atoms with Gasteiger partial charge in [-0.2, -0.15) is 0 Å². The Bertz CT molecular complexity index is 761. The number of urea groups is 1. The van der Waals surface area contributed by atoms with Gasteiger partial charge in [0, 0.05) is 23.5 Å². The normalized spacial score (nSPS) is 11.0. The predicted molar refractivity (Wildman–Crippen MR) is 109 cm³/mol. The predicted octanol–water partition coefficient (Wildman–Crippen LogP) is 4.18. The number of carbonyl (C=O) groups is 1. The van der Waals surface area contributed by atoms with E-state index in [4.69, 9.17) is 21.1 Å². The van der Waals surface area contributed by atoms with Crippen molar-refractivity contribution in [2.24, 2.45) is 0 Å². The molecule has 0 bridgehead atoms. The van der Waals surface area contributed by atoms with Crippen molar-refractivity contribution in [1.29, 1.82) is 0 Å². The van der Waals surface area contributed by atoms with E-state index >= 15 is 0 Å². The molecule has 0 radical (unpaired) electrons. The smallest absolute Gasteiger partial charge is 0.314 e. The van der Waals surface area contributed by atoms with Gasteiger partial charge in [0.15, 0.2) is 11.5 Å². The highest BCUT2D eigenvalue weighted by atomic mass is 35.5. The van der Waals surface area contributed by atoms with Crippen LogP contribution in [0.25, 0.3) is 0 Å². The van der Waals surface area contributed by atoms with E-state index in [-0.39, 0.29) is 11.4 Å². The Morgan fingerprint density at radius 3 is 2.30 bits per heavy atom. The molecule has 0 unspecified atom stereocenters. The van der Waals surface area contributed by atoms with Crippen molar-refractivity contribution in [3.8, 4) is 11.5 Å². The number of halogens is 1. The fourth-order valence-corrected chi connectivity index (χ4v) is 2.82. The lowest BCUT2D eigenvalue weighted by Gasteiger charge is -2.26. The molecule has 2 amide bonds. The summed E-state index contributed by atoms with van der Waals surface area (Å²) in [6.45, 7) is 5.20. The van der Waals surface area contributed by atoms with E-state index in [1.807, 2.05) is 42.5 Å². The zero-order valence-electron chi connectivity index (χ0n) is 16.3. The van der Waals surface area contributed by atoms with Crippen molar-refractivity contribution in [3.05, 3.63) is 58.6 Å². The van der Waals surface area contributed by atoms with E-state index < -0.39 is 0 Å². The fourth-order valence-electron chi connectivity index (χ4n) is 2.69. The molecule has 0 atom stereocenters. The van der Waals surface area contributed by atoms with Gasteiger partial charge >= 0.3 is 6.03 Å². The minimum Gasteiger partial charge on any atom is -0.493 e. The Morgan fingerprint density at radius 1 is 1.00 bits per heavy atom. The molecule has 2 N–H and O–H groups in total. The van der Waals surface area contributed by atoms with Crippen molar-refractivity contribution in [3.63, 3.8) is 0 Å². The van der Waals surface area contributed by atoms with Crippen LogP contribution in [-0.2, 0) is 11.8 Å². The largest absolute Gasteiger partial charge is 0.493 e. The lowest BCUT2D eigenvalue weighted by atomic mass is 9.84. The van der Waals surface area contributed by atoms with Gasteiger partial charge in [-0.25, -0.2) is 4.79 Å². The Kier molecular flexibility index (Phi) is 7.36. The third-order valence-electron chi connectivity index (χ3n) is 4.47. The number of hydrogen-bond donors (Lipinski definition) is 2. The molecule has 0 aliphatic rings. The molecule has 6 heteroatoms. The van der Waals surface area contributed by atoms with Gasteiger partial charge in [-0.15, -0.1) is 0 Å². The van der Waals surface area contributed by atoms with Gasteiger partial charge in [0.05, 0.1) is 14.2 Å². The van der Waals surface area contributed by atoms with Crippen molar-refractivity contribution in [2.75, 3.05) is 27.3 Å². The maximum Gasteiger partial charge on any atom is 0.314 e. The van der Waals surface area contributed by atoms with E-state index in [2.05, 4.69) is 24.5 Å². The van der Waals surface area contributed by atoms with E-state index in [0.29, 0.717) is 29.6 Å². The van der Waals surface area contributed by atoms with E-state index in [1.54, 1.807) is 14.2 Å². The highest BCUT2D eigenvalue weighted by Gasteiger charge is 2.23. The van der Waals surface area contributed by atoms with Gasteiger partial charge in [-0.1, -0.05) is 43.6 Å². The highest BCUT2D eigenvalue weighted by molar-refractivity contribution is 6.30. The summed E-state index contributed by atoms with van der Waals surface area (Å²) in [5.41, 5.74) is 1.93. The van der Waals surface area contributed by atoms with Crippen LogP contribution in [0.4, 0.5) is 4.79 Å². The number of hydrogen-bond acceptors (Lipinski definition) is 3. The maximum atomic E-state index is 12.1. The summed E-state index contributed by atoms with van der Waals surface area (Å²) < 4.78 is 10.6. The molecule has 0 aliphatic carbocycles. The average molecular weight is 391 g/mol. The van der Waals surface area contributed by atoms with Crippen LogP contribution < -0.4 is 20.1 Å². The van der Waals surface area contributed by atoms with Crippen molar-refractivity contribution < 1.29 is 14.3 Å². The molecule has 0 heterocycles. The van der Waals surface area contributed by atoms with E-state index in [1.165, 1.54) is 0 Å². The number of rotatable bonds is 8. The first-order valence-electron chi connectivity index (χ1n) is 8.84. The van der Waals surface area contributed by atoms with Crippen LogP contribution in [0.2, 0.25) is 5.02 Å². The molecule has 0 fully saturated rings. The Hall–Kier alpha value is -2.40. The number of carbonyl (C=O) groups excluding carboxylic acids is 1.